The van der Waals surface area contributed by atoms with E-state index >= 15 is 0 Å². The van der Waals surface area contributed by atoms with Crippen molar-refractivity contribution in [2.45, 2.75) is 6.54 Å². The van der Waals surface area contributed by atoms with E-state index in [1.54, 1.807) is 31.9 Å². The highest BCUT2D eigenvalue weighted by Crippen LogP contribution is 2.25. The summed E-state index contributed by atoms with van der Waals surface area (Å²) < 4.78 is 7.13. The Labute approximate surface area is 156 Å². The monoisotopic (exact) mass is 358 g/mol. The van der Waals surface area contributed by atoms with Crippen LogP contribution < -0.4 is 10.1 Å². The molecule has 1 N–H and O–H groups in total. The molecule has 0 amide bonds. The molecule has 4 rings (SSSR count). The van der Waals surface area contributed by atoms with Gasteiger partial charge in [-0.1, -0.05) is 18.2 Å². The SMILES string of the molecule is COc1nccnc1NCc1cn(-c2ccccc2)nc1-c1ccncc1. The van der Waals surface area contributed by atoms with Crippen LogP contribution in [0.5, 0.6) is 5.88 Å². The van der Waals surface area contributed by atoms with Crippen molar-refractivity contribution in [3.8, 4) is 22.8 Å². The van der Waals surface area contributed by atoms with Gasteiger partial charge >= 0.3 is 0 Å². The van der Waals surface area contributed by atoms with Crippen LogP contribution in [0.4, 0.5) is 5.82 Å². The Balaban J connectivity index is 1.69. The first-order valence-corrected chi connectivity index (χ1v) is 8.48. The maximum atomic E-state index is 5.26. The zero-order valence-electron chi connectivity index (χ0n) is 14.8. The maximum Gasteiger partial charge on any atom is 0.257 e. The number of hydrogen-bond donors (Lipinski definition) is 1. The Kier molecular flexibility index (Phi) is 4.74. The van der Waals surface area contributed by atoms with Gasteiger partial charge in [-0.2, -0.15) is 5.10 Å². The van der Waals surface area contributed by atoms with E-state index in [2.05, 4.69) is 20.3 Å². The first-order chi connectivity index (χ1) is 13.3. The van der Waals surface area contributed by atoms with Crippen LogP contribution in [0.1, 0.15) is 5.56 Å². The van der Waals surface area contributed by atoms with Gasteiger partial charge in [-0.15, -0.1) is 0 Å². The Morgan fingerprint density at radius 1 is 0.963 bits per heavy atom. The van der Waals surface area contributed by atoms with Gasteiger partial charge in [0.05, 0.1) is 18.5 Å². The lowest BCUT2D eigenvalue weighted by molar-refractivity contribution is 0.398. The van der Waals surface area contributed by atoms with Gasteiger partial charge in [0, 0.05) is 48.7 Å². The van der Waals surface area contributed by atoms with Crippen LogP contribution in [0, 0.1) is 0 Å². The lowest BCUT2D eigenvalue weighted by atomic mass is 10.1. The molecule has 0 fully saturated rings. The number of rotatable bonds is 6. The maximum absolute atomic E-state index is 5.26. The van der Waals surface area contributed by atoms with Gasteiger partial charge in [0.2, 0.25) is 0 Å². The number of benzene rings is 1. The van der Waals surface area contributed by atoms with E-state index in [-0.39, 0.29) is 0 Å². The first-order valence-electron chi connectivity index (χ1n) is 8.48. The van der Waals surface area contributed by atoms with Crippen LogP contribution in [0.3, 0.4) is 0 Å². The Morgan fingerprint density at radius 2 is 1.74 bits per heavy atom. The fourth-order valence-electron chi connectivity index (χ4n) is 2.78. The van der Waals surface area contributed by atoms with Crippen molar-refractivity contribution < 1.29 is 4.74 Å². The van der Waals surface area contributed by atoms with E-state index in [0.29, 0.717) is 18.2 Å². The third-order valence-corrected chi connectivity index (χ3v) is 4.07. The van der Waals surface area contributed by atoms with E-state index in [4.69, 9.17) is 9.84 Å². The number of nitrogens with one attached hydrogen (secondary N) is 1. The van der Waals surface area contributed by atoms with Crippen molar-refractivity contribution in [2.75, 3.05) is 12.4 Å². The van der Waals surface area contributed by atoms with Gasteiger partial charge in [-0.3, -0.25) is 4.98 Å². The molecule has 0 unspecified atom stereocenters. The molecule has 0 aliphatic heterocycles. The normalized spacial score (nSPS) is 10.6. The lowest BCUT2D eigenvalue weighted by Gasteiger charge is -2.08. The van der Waals surface area contributed by atoms with Crippen molar-refractivity contribution >= 4 is 5.82 Å². The summed E-state index contributed by atoms with van der Waals surface area (Å²) >= 11 is 0. The van der Waals surface area contributed by atoms with Gasteiger partial charge in [-0.05, 0) is 24.3 Å². The molecular weight excluding hydrogens is 340 g/mol. The molecule has 0 atom stereocenters. The van der Waals surface area contributed by atoms with E-state index < -0.39 is 0 Å². The Morgan fingerprint density at radius 3 is 2.52 bits per heavy atom. The summed E-state index contributed by atoms with van der Waals surface area (Å²) in [6, 6.07) is 13.9. The standard InChI is InChI=1S/C20H18N6O/c1-27-20-19(22-11-12-23-20)24-13-16-14-26(17-5-3-2-4-6-17)25-18(16)15-7-9-21-10-8-15/h2-12,14H,13H2,1H3,(H,22,24). The molecule has 3 heterocycles. The summed E-state index contributed by atoms with van der Waals surface area (Å²) in [5.41, 5.74) is 3.91. The summed E-state index contributed by atoms with van der Waals surface area (Å²) in [5.74, 6) is 1.05. The lowest BCUT2D eigenvalue weighted by Crippen LogP contribution is -2.04. The molecule has 27 heavy (non-hydrogen) atoms. The number of anilines is 1. The minimum atomic E-state index is 0.457. The van der Waals surface area contributed by atoms with Gasteiger partial charge < -0.3 is 10.1 Å². The number of hydrogen-bond acceptors (Lipinski definition) is 6. The summed E-state index contributed by atoms with van der Waals surface area (Å²) in [6.07, 6.45) is 8.77. The number of methoxy groups -OCH3 is 1. The Bertz CT molecular complexity index is 1020. The molecule has 0 saturated heterocycles. The average Bonchev–Trinajstić information content (AvgIpc) is 3.18. The zero-order valence-corrected chi connectivity index (χ0v) is 14.8. The molecular formula is C20H18N6O. The van der Waals surface area contributed by atoms with Crippen molar-refractivity contribution in [3.05, 3.63) is 79.0 Å². The third-order valence-electron chi connectivity index (χ3n) is 4.07. The molecule has 0 spiro atoms. The van der Waals surface area contributed by atoms with E-state index in [1.165, 1.54) is 0 Å². The number of para-hydroxylation sites is 1. The van der Waals surface area contributed by atoms with Crippen LogP contribution in [0.25, 0.3) is 16.9 Å². The van der Waals surface area contributed by atoms with Crippen LogP contribution in [0.15, 0.2) is 73.4 Å². The topological polar surface area (TPSA) is 77.8 Å². The molecule has 1 aromatic carbocycles. The van der Waals surface area contributed by atoms with Crippen LogP contribution in [-0.2, 0) is 6.54 Å². The third kappa shape index (κ3) is 3.62. The van der Waals surface area contributed by atoms with Crippen LogP contribution >= 0.6 is 0 Å². The van der Waals surface area contributed by atoms with E-state index in [0.717, 1.165) is 22.5 Å². The zero-order chi connectivity index (χ0) is 18.5. The predicted octanol–water partition coefficient (Wildman–Crippen LogP) is 3.35. The first kappa shape index (κ1) is 16.7. The van der Waals surface area contributed by atoms with Crippen molar-refractivity contribution in [1.82, 2.24) is 24.7 Å². The average molecular weight is 358 g/mol. The number of ether oxygens (including phenoxy) is 1. The fourth-order valence-corrected chi connectivity index (χ4v) is 2.78. The fraction of sp³-hybridized carbons (Fsp3) is 0.100. The molecule has 0 saturated carbocycles. The molecule has 7 nitrogen and oxygen atoms in total. The summed E-state index contributed by atoms with van der Waals surface area (Å²) in [4.78, 5) is 12.6. The molecule has 4 aromatic rings. The van der Waals surface area contributed by atoms with E-state index in [9.17, 15) is 0 Å². The molecule has 0 aliphatic carbocycles. The second-order valence-electron chi connectivity index (χ2n) is 5.79. The van der Waals surface area contributed by atoms with Gasteiger partial charge in [-0.25, -0.2) is 14.6 Å². The largest absolute Gasteiger partial charge is 0.478 e. The smallest absolute Gasteiger partial charge is 0.257 e. The number of aromatic nitrogens is 5. The number of nitrogens with zero attached hydrogens (tertiary/aromatic N) is 5. The highest BCUT2D eigenvalue weighted by atomic mass is 16.5. The second-order valence-corrected chi connectivity index (χ2v) is 5.79. The summed E-state index contributed by atoms with van der Waals surface area (Å²) in [7, 11) is 1.57. The number of pyridine rings is 1. The van der Waals surface area contributed by atoms with E-state index in [1.807, 2.05) is 53.3 Å². The molecule has 0 aliphatic rings. The van der Waals surface area contributed by atoms with Gasteiger partial charge in [0.25, 0.3) is 5.88 Å². The van der Waals surface area contributed by atoms with Crippen molar-refractivity contribution in [1.29, 1.82) is 0 Å². The van der Waals surface area contributed by atoms with Crippen molar-refractivity contribution in [2.24, 2.45) is 0 Å². The summed E-state index contributed by atoms with van der Waals surface area (Å²) in [5, 5.41) is 8.08. The van der Waals surface area contributed by atoms with Crippen LogP contribution in [0.2, 0.25) is 0 Å². The predicted molar refractivity (Wildman–Crippen MR) is 103 cm³/mol. The molecule has 134 valence electrons. The Hall–Kier alpha value is -3.74. The molecule has 0 radical (unpaired) electrons. The quantitative estimate of drug-likeness (QED) is 0.569. The van der Waals surface area contributed by atoms with Gasteiger partial charge in [0.1, 0.15) is 0 Å². The summed E-state index contributed by atoms with van der Waals surface area (Å²) in [6.45, 7) is 0.527. The molecule has 7 heteroatoms. The van der Waals surface area contributed by atoms with Gasteiger partial charge in [0.15, 0.2) is 5.82 Å². The molecule has 0 bridgehead atoms. The highest BCUT2D eigenvalue weighted by Gasteiger charge is 2.13. The van der Waals surface area contributed by atoms with Crippen molar-refractivity contribution in [3.63, 3.8) is 0 Å². The van der Waals surface area contributed by atoms with Crippen LogP contribution in [-0.4, -0.2) is 31.8 Å². The highest BCUT2D eigenvalue weighted by molar-refractivity contribution is 5.63. The minimum Gasteiger partial charge on any atom is -0.478 e. The minimum absolute atomic E-state index is 0.457. The molecule has 3 aromatic heterocycles. The second kappa shape index (κ2) is 7.65.